The molecule has 2 aromatic heterocycles. The Labute approximate surface area is 149 Å². The van der Waals surface area contributed by atoms with E-state index in [-0.39, 0.29) is 23.6 Å². The summed E-state index contributed by atoms with van der Waals surface area (Å²) in [6.07, 6.45) is 0. The van der Waals surface area contributed by atoms with Crippen molar-refractivity contribution < 1.29 is 14.3 Å². The lowest BCUT2D eigenvalue weighted by Crippen LogP contribution is -2.25. The Morgan fingerprint density at radius 1 is 1.31 bits per heavy atom. The summed E-state index contributed by atoms with van der Waals surface area (Å²) >= 11 is 0. The number of nitrogens with one attached hydrogen (secondary N) is 2. The number of aromatic amines is 1. The van der Waals surface area contributed by atoms with E-state index in [0.29, 0.717) is 16.7 Å². The summed E-state index contributed by atoms with van der Waals surface area (Å²) in [6, 6.07) is 9.99. The van der Waals surface area contributed by atoms with E-state index < -0.39 is 11.5 Å². The van der Waals surface area contributed by atoms with Crippen LogP contribution in [0.25, 0.3) is 10.9 Å². The highest BCUT2D eigenvalue weighted by molar-refractivity contribution is 5.91. The summed E-state index contributed by atoms with van der Waals surface area (Å²) in [5.74, 6) is 5.49. The van der Waals surface area contributed by atoms with Crippen molar-refractivity contribution in [1.82, 2.24) is 15.3 Å². The van der Waals surface area contributed by atoms with Crippen LogP contribution in [0.3, 0.4) is 0 Å². The highest BCUT2D eigenvalue weighted by atomic mass is 16.3. The fraction of sp³-hybridized carbons (Fsp3) is 0.211. The monoisotopic (exact) mass is 351 g/mol. The van der Waals surface area contributed by atoms with E-state index in [4.69, 9.17) is 4.42 Å². The molecule has 0 saturated heterocycles. The smallest absolute Gasteiger partial charge is 0.287 e. The van der Waals surface area contributed by atoms with Gasteiger partial charge in [-0.2, -0.15) is 0 Å². The van der Waals surface area contributed by atoms with Gasteiger partial charge < -0.3 is 19.8 Å². The Bertz CT molecular complexity index is 1080. The largest absolute Gasteiger partial charge is 0.443 e. The maximum absolute atomic E-state index is 12.2. The molecule has 3 aromatic rings. The van der Waals surface area contributed by atoms with Crippen molar-refractivity contribution in [1.29, 1.82) is 0 Å². The summed E-state index contributed by atoms with van der Waals surface area (Å²) < 4.78 is 5.33. The minimum Gasteiger partial charge on any atom is -0.443 e. The van der Waals surface area contributed by atoms with Gasteiger partial charge in [0.1, 0.15) is 11.4 Å². The Morgan fingerprint density at radius 2 is 2.08 bits per heavy atom. The quantitative estimate of drug-likeness (QED) is 0.621. The molecule has 0 aliphatic heterocycles. The number of aromatic nitrogens is 2. The lowest BCUT2D eigenvalue weighted by Gasteiger charge is -2.05. The molecule has 132 valence electrons. The number of nitrogens with zero attached hydrogens (tertiary/aromatic N) is 1. The summed E-state index contributed by atoms with van der Waals surface area (Å²) in [7, 11) is 0. The van der Waals surface area contributed by atoms with Crippen molar-refractivity contribution >= 4 is 16.8 Å². The summed E-state index contributed by atoms with van der Waals surface area (Å²) in [4.78, 5) is 31.1. The molecule has 0 aliphatic rings. The number of benzene rings is 1. The molecule has 7 nitrogen and oxygen atoms in total. The maximum atomic E-state index is 12.2. The van der Waals surface area contributed by atoms with E-state index in [2.05, 4.69) is 27.1 Å². The van der Waals surface area contributed by atoms with Crippen LogP contribution in [0.2, 0.25) is 0 Å². The highest BCUT2D eigenvalue weighted by Gasteiger charge is 2.12. The van der Waals surface area contributed by atoms with Gasteiger partial charge in [0, 0.05) is 0 Å². The van der Waals surface area contributed by atoms with Crippen molar-refractivity contribution in [3.05, 3.63) is 64.1 Å². The molecule has 0 spiro atoms. The number of furan rings is 1. The zero-order chi connectivity index (χ0) is 18.7. The van der Waals surface area contributed by atoms with Crippen molar-refractivity contribution in [2.45, 2.75) is 26.0 Å². The van der Waals surface area contributed by atoms with Gasteiger partial charge in [0.2, 0.25) is 0 Å². The second kappa shape index (κ2) is 6.86. The second-order valence-electron chi connectivity index (χ2n) is 6.19. The summed E-state index contributed by atoms with van der Waals surface area (Å²) in [6.45, 7) is 3.14. The van der Waals surface area contributed by atoms with Crippen molar-refractivity contribution in [2.75, 3.05) is 0 Å². The van der Waals surface area contributed by atoms with Crippen LogP contribution in [-0.4, -0.2) is 26.6 Å². The van der Waals surface area contributed by atoms with Crippen molar-refractivity contribution in [2.24, 2.45) is 0 Å². The van der Waals surface area contributed by atoms with Crippen LogP contribution in [0.5, 0.6) is 0 Å². The average molecular weight is 351 g/mol. The molecule has 7 heteroatoms. The molecule has 0 atom stereocenters. The number of amides is 1. The molecule has 0 radical (unpaired) electrons. The number of aliphatic hydroxyl groups is 1. The Hall–Kier alpha value is -3.37. The number of hydrogen-bond donors (Lipinski definition) is 3. The van der Waals surface area contributed by atoms with Gasteiger partial charge in [0.15, 0.2) is 11.5 Å². The lowest BCUT2D eigenvalue weighted by atomic mass is 10.1. The molecule has 0 fully saturated rings. The number of H-pyrrole nitrogens is 1. The predicted octanol–water partition coefficient (Wildman–Crippen LogP) is 1.57. The minimum absolute atomic E-state index is 0.0459. The standard InChI is InChI=1S/C19H17N3O4/c1-19(2,25)10-9-12-7-8-15(26-12)18(24)20-11-16-21-14-6-4-3-5-13(14)17(23)22-16/h3-8,25H,11H2,1-2H3,(H,20,24)(H,21,22,23). The van der Waals surface area contributed by atoms with E-state index in [1.165, 1.54) is 6.07 Å². The van der Waals surface area contributed by atoms with Gasteiger partial charge in [-0.05, 0) is 44.0 Å². The van der Waals surface area contributed by atoms with Gasteiger partial charge in [-0.1, -0.05) is 18.1 Å². The van der Waals surface area contributed by atoms with Gasteiger partial charge in [-0.15, -0.1) is 0 Å². The average Bonchev–Trinajstić information content (AvgIpc) is 3.06. The Kier molecular flexibility index (Phi) is 4.61. The van der Waals surface area contributed by atoms with Crippen LogP contribution in [0, 0.1) is 11.8 Å². The molecule has 2 heterocycles. The van der Waals surface area contributed by atoms with Gasteiger partial charge in [0.25, 0.3) is 11.5 Å². The van der Waals surface area contributed by atoms with E-state index in [1.807, 2.05) is 0 Å². The molecule has 0 saturated carbocycles. The van der Waals surface area contributed by atoms with E-state index in [0.717, 1.165) is 0 Å². The van der Waals surface area contributed by atoms with Crippen LogP contribution in [0.4, 0.5) is 0 Å². The first-order valence-electron chi connectivity index (χ1n) is 7.93. The van der Waals surface area contributed by atoms with Gasteiger partial charge in [0.05, 0.1) is 17.4 Å². The maximum Gasteiger partial charge on any atom is 0.287 e. The number of rotatable bonds is 3. The lowest BCUT2D eigenvalue weighted by molar-refractivity contribution is 0.0921. The zero-order valence-electron chi connectivity index (χ0n) is 14.3. The van der Waals surface area contributed by atoms with E-state index in [1.54, 1.807) is 44.2 Å². The molecule has 3 rings (SSSR count). The molecule has 1 aromatic carbocycles. The molecule has 0 aliphatic carbocycles. The third-order valence-electron chi connectivity index (χ3n) is 3.40. The normalized spacial score (nSPS) is 11.0. The third kappa shape index (κ3) is 4.18. The molecule has 1 amide bonds. The first-order valence-corrected chi connectivity index (χ1v) is 7.93. The molecule has 0 unspecified atom stereocenters. The zero-order valence-corrected chi connectivity index (χ0v) is 14.3. The highest BCUT2D eigenvalue weighted by Crippen LogP contribution is 2.09. The van der Waals surface area contributed by atoms with Crippen molar-refractivity contribution in [3.63, 3.8) is 0 Å². The number of fused-ring (bicyclic) bond motifs is 1. The van der Waals surface area contributed by atoms with Gasteiger partial charge >= 0.3 is 0 Å². The van der Waals surface area contributed by atoms with Crippen molar-refractivity contribution in [3.8, 4) is 11.8 Å². The molecule has 0 bridgehead atoms. The predicted molar refractivity (Wildman–Crippen MR) is 95.4 cm³/mol. The number of hydrogen-bond acceptors (Lipinski definition) is 5. The fourth-order valence-electron chi connectivity index (χ4n) is 2.21. The molecular formula is C19H17N3O4. The molecular weight excluding hydrogens is 334 g/mol. The van der Waals surface area contributed by atoms with Crippen LogP contribution in [0.1, 0.15) is 36.0 Å². The number of carbonyl (C=O) groups is 1. The SMILES string of the molecule is CC(C)(O)C#Cc1ccc(C(=O)NCc2nc3ccccc3c(=O)[nH]2)o1. The minimum atomic E-state index is -1.15. The van der Waals surface area contributed by atoms with Crippen LogP contribution >= 0.6 is 0 Å². The van der Waals surface area contributed by atoms with E-state index in [9.17, 15) is 14.7 Å². The third-order valence-corrected chi connectivity index (χ3v) is 3.40. The number of carbonyl (C=O) groups excluding carboxylic acids is 1. The van der Waals surface area contributed by atoms with Gasteiger partial charge in [-0.25, -0.2) is 4.98 Å². The Morgan fingerprint density at radius 3 is 2.85 bits per heavy atom. The summed E-state index contributed by atoms with van der Waals surface area (Å²) in [5, 5.41) is 12.7. The van der Waals surface area contributed by atoms with Crippen LogP contribution in [-0.2, 0) is 6.54 Å². The fourth-order valence-corrected chi connectivity index (χ4v) is 2.21. The Balaban J connectivity index is 1.70. The first-order chi connectivity index (χ1) is 12.3. The number of para-hydroxylation sites is 1. The second-order valence-corrected chi connectivity index (χ2v) is 6.19. The molecule has 3 N–H and O–H groups in total. The van der Waals surface area contributed by atoms with Crippen LogP contribution < -0.4 is 10.9 Å². The van der Waals surface area contributed by atoms with Crippen LogP contribution in [0.15, 0.2) is 45.6 Å². The van der Waals surface area contributed by atoms with Gasteiger partial charge in [-0.3, -0.25) is 9.59 Å². The van der Waals surface area contributed by atoms with E-state index >= 15 is 0 Å². The summed E-state index contributed by atoms with van der Waals surface area (Å²) in [5.41, 5.74) is -0.854. The first kappa shape index (κ1) is 17.5. The molecule has 26 heavy (non-hydrogen) atoms. The topological polar surface area (TPSA) is 108 Å².